The highest BCUT2D eigenvalue weighted by Gasteiger charge is 2.31. The van der Waals surface area contributed by atoms with Gasteiger partial charge in [-0.25, -0.2) is 14.8 Å². The first-order valence-corrected chi connectivity index (χ1v) is 10.2. The third kappa shape index (κ3) is 4.89. The van der Waals surface area contributed by atoms with Crippen LogP contribution >= 0.6 is 11.6 Å². The number of aromatic nitrogens is 5. The molecule has 1 aliphatic rings. The number of hydrogen-bond acceptors (Lipinski definition) is 8. The van der Waals surface area contributed by atoms with Crippen LogP contribution in [0.3, 0.4) is 0 Å². The van der Waals surface area contributed by atoms with Gasteiger partial charge in [0.1, 0.15) is 17.2 Å². The highest BCUT2D eigenvalue weighted by atomic mass is 35.5. The minimum Gasteiger partial charge on any atom is -0.444 e. The SMILES string of the molecule is COCc1cn2c(Nc3cc([C@@H]4C[C@H](OC(=O)NC(C)C)CO4)[nH]n3)ncc(Cl)c2n1. The van der Waals surface area contributed by atoms with E-state index in [1.807, 2.05) is 19.9 Å². The first-order chi connectivity index (χ1) is 14.9. The van der Waals surface area contributed by atoms with Crippen LogP contribution in [0.1, 0.15) is 37.8 Å². The fourth-order valence-corrected chi connectivity index (χ4v) is 3.49. The maximum absolute atomic E-state index is 11.8. The summed E-state index contributed by atoms with van der Waals surface area (Å²) in [7, 11) is 1.60. The molecule has 0 bridgehead atoms. The summed E-state index contributed by atoms with van der Waals surface area (Å²) in [6.07, 6.45) is 2.87. The van der Waals surface area contributed by atoms with Crippen molar-refractivity contribution in [2.24, 2.45) is 0 Å². The predicted molar refractivity (Wildman–Crippen MR) is 112 cm³/mol. The molecule has 0 aliphatic carbocycles. The molecular weight excluding hydrogens is 426 g/mol. The number of nitrogens with one attached hydrogen (secondary N) is 3. The van der Waals surface area contributed by atoms with E-state index in [0.717, 1.165) is 11.4 Å². The van der Waals surface area contributed by atoms with Crippen LogP contribution in [0.15, 0.2) is 18.5 Å². The Morgan fingerprint density at radius 3 is 3.10 bits per heavy atom. The van der Waals surface area contributed by atoms with Gasteiger partial charge in [-0.1, -0.05) is 11.6 Å². The number of ether oxygens (including phenoxy) is 3. The zero-order chi connectivity index (χ0) is 22.0. The molecule has 4 rings (SSSR count). The van der Waals surface area contributed by atoms with Gasteiger partial charge in [-0.05, 0) is 13.8 Å². The van der Waals surface area contributed by atoms with Crippen molar-refractivity contribution in [2.75, 3.05) is 19.0 Å². The number of imidazole rings is 1. The molecule has 3 N–H and O–H groups in total. The monoisotopic (exact) mass is 449 g/mol. The average molecular weight is 450 g/mol. The van der Waals surface area contributed by atoms with Gasteiger partial charge in [-0.15, -0.1) is 0 Å². The Balaban J connectivity index is 1.43. The second-order valence-corrected chi connectivity index (χ2v) is 7.91. The van der Waals surface area contributed by atoms with Gasteiger partial charge in [0.25, 0.3) is 0 Å². The van der Waals surface area contributed by atoms with Crippen LogP contribution in [0.5, 0.6) is 0 Å². The van der Waals surface area contributed by atoms with Crippen molar-refractivity contribution in [3.63, 3.8) is 0 Å². The number of fused-ring (bicyclic) bond motifs is 1. The molecule has 11 nitrogen and oxygen atoms in total. The summed E-state index contributed by atoms with van der Waals surface area (Å²) in [6.45, 7) is 4.44. The van der Waals surface area contributed by atoms with Gasteiger partial charge in [-0.2, -0.15) is 5.10 Å². The Hall–Kier alpha value is -2.89. The van der Waals surface area contributed by atoms with Crippen LogP contribution in [0.4, 0.5) is 16.6 Å². The Labute approximate surface area is 183 Å². The fraction of sp³-hybridized carbons (Fsp3) is 0.474. The summed E-state index contributed by atoms with van der Waals surface area (Å²) in [4.78, 5) is 20.6. The maximum atomic E-state index is 11.8. The summed E-state index contributed by atoms with van der Waals surface area (Å²) >= 11 is 6.22. The first-order valence-electron chi connectivity index (χ1n) is 9.85. The smallest absolute Gasteiger partial charge is 0.407 e. The molecule has 3 aromatic rings. The molecule has 1 aliphatic heterocycles. The van der Waals surface area contributed by atoms with Crippen LogP contribution in [0.25, 0.3) is 5.65 Å². The fourth-order valence-electron chi connectivity index (χ4n) is 3.30. The number of amides is 1. The summed E-state index contributed by atoms with van der Waals surface area (Å²) in [5.74, 6) is 1.06. The summed E-state index contributed by atoms with van der Waals surface area (Å²) in [5, 5.41) is 13.5. The summed E-state index contributed by atoms with van der Waals surface area (Å²) < 4.78 is 18.0. The van der Waals surface area contributed by atoms with Crippen molar-refractivity contribution in [1.29, 1.82) is 0 Å². The lowest BCUT2D eigenvalue weighted by Gasteiger charge is -2.13. The van der Waals surface area contributed by atoms with Gasteiger partial charge in [0.05, 0.1) is 30.8 Å². The van der Waals surface area contributed by atoms with Crippen LogP contribution in [0, 0.1) is 0 Å². The number of rotatable bonds is 7. The molecule has 3 aromatic heterocycles. The summed E-state index contributed by atoms with van der Waals surface area (Å²) in [5.41, 5.74) is 2.07. The van der Waals surface area contributed by atoms with Gasteiger partial charge in [-0.3, -0.25) is 9.50 Å². The molecule has 12 heteroatoms. The van der Waals surface area contributed by atoms with Crippen molar-refractivity contribution in [3.05, 3.63) is 34.9 Å². The van der Waals surface area contributed by atoms with Crippen molar-refractivity contribution in [2.45, 2.75) is 45.1 Å². The van der Waals surface area contributed by atoms with Crippen molar-refractivity contribution < 1.29 is 19.0 Å². The molecule has 0 saturated carbocycles. The second-order valence-electron chi connectivity index (χ2n) is 7.51. The zero-order valence-corrected chi connectivity index (χ0v) is 18.1. The number of hydrogen-bond donors (Lipinski definition) is 3. The van der Waals surface area contributed by atoms with Gasteiger partial charge in [0.15, 0.2) is 11.5 Å². The molecule has 4 heterocycles. The highest BCUT2D eigenvalue weighted by molar-refractivity contribution is 6.33. The van der Waals surface area contributed by atoms with E-state index in [0.29, 0.717) is 42.1 Å². The van der Waals surface area contributed by atoms with E-state index in [-0.39, 0.29) is 18.2 Å². The standard InChI is InChI=1S/C19H24ClN7O4/c1-10(2)22-19(28)31-12-4-15(30-9-12)14-5-16(26-25-14)24-18-21-6-13(20)17-23-11(8-29-3)7-27(17)18/h5-7,10,12,15H,4,8-9H2,1-3H3,(H,22,28)(H2,21,24,25,26)/t12-,15-/m0/s1. The number of H-pyrrole nitrogens is 1. The molecule has 0 spiro atoms. The molecule has 1 amide bonds. The van der Waals surface area contributed by atoms with Crippen LogP contribution in [-0.4, -0.2) is 56.5 Å². The molecule has 0 unspecified atom stereocenters. The molecule has 0 radical (unpaired) electrons. The normalized spacial score (nSPS) is 18.6. The Morgan fingerprint density at radius 1 is 1.48 bits per heavy atom. The maximum Gasteiger partial charge on any atom is 0.407 e. The van der Waals surface area contributed by atoms with E-state index in [4.69, 9.17) is 25.8 Å². The first kappa shape index (κ1) is 21.3. The molecule has 1 fully saturated rings. The minimum absolute atomic E-state index is 0.0147. The molecule has 1 saturated heterocycles. The number of anilines is 2. The number of aromatic amines is 1. The van der Waals surface area contributed by atoms with E-state index >= 15 is 0 Å². The average Bonchev–Trinajstić information content (AvgIpc) is 3.43. The van der Waals surface area contributed by atoms with Gasteiger partial charge in [0, 0.05) is 31.8 Å². The molecular formula is C19H24ClN7O4. The number of carbonyl (C=O) groups is 1. The Bertz CT molecular complexity index is 1070. The number of halogens is 1. The van der Waals surface area contributed by atoms with Gasteiger partial charge >= 0.3 is 6.09 Å². The van der Waals surface area contributed by atoms with Crippen LogP contribution in [0.2, 0.25) is 5.02 Å². The van der Waals surface area contributed by atoms with E-state index < -0.39 is 6.09 Å². The van der Waals surface area contributed by atoms with Crippen LogP contribution < -0.4 is 10.6 Å². The second kappa shape index (κ2) is 9.08. The predicted octanol–water partition coefficient (Wildman–Crippen LogP) is 2.96. The van der Waals surface area contributed by atoms with Gasteiger partial charge in [0.2, 0.25) is 5.95 Å². The third-order valence-corrected chi connectivity index (χ3v) is 4.88. The topological polar surface area (TPSA) is 128 Å². The largest absolute Gasteiger partial charge is 0.444 e. The zero-order valence-electron chi connectivity index (χ0n) is 17.4. The number of carbonyl (C=O) groups excluding carboxylic acids is 1. The molecule has 166 valence electrons. The van der Waals surface area contributed by atoms with Gasteiger partial charge < -0.3 is 24.8 Å². The van der Waals surface area contributed by atoms with Crippen molar-refractivity contribution in [3.8, 4) is 0 Å². The number of alkyl carbamates (subject to hydrolysis) is 1. The lowest BCUT2D eigenvalue weighted by molar-refractivity contribution is 0.0682. The lowest BCUT2D eigenvalue weighted by Crippen LogP contribution is -2.33. The quantitative estimate of drug-likeness (QED) is 0.502. The van der Waals surface area contributed by atoms with E-state index in [1.54, 1.807) is 17.7 Å². The molecule has 2 atom stereocenters. The Morgan fingerprint density at radius 2 is 2.32 bits per heavy atom. The molecule has 31 heavy (non-hydrogen) atoms. The van der Waals surface area contributed by atoms with E-state index in [2.05, 4.69) is 30.8 Å². The Kier molecular flexibility index (Phi) is 6.25. The van der Waals surface area contributed by atoms with Crippen molar-refractivity contribution in [1.82, 2.24) is 29.9 Å². The van der Waals surface area contributed by atoms with Crippen molar-refractivity contribution >= 4 is 35.1 Å². The lowest BCUT2D eigenvalue weighted by atomic mass is 10.1. The number of methoxy groups -OCH3 is 1. The third-order valence-electron chi connectivity index (χ3n) is 4.61. The van der Waals surface area contributed by atoms with E-state index in [1.165, 1.54) is 6.20 Å². The van der Waals surface area contributed by atoms with E-state index in [9.17, 15) is 4.79 Å². The minimum atomic E-state index is -0.442. The number of nitrogens with zero attached hydrogens (tertiary/aromatic N) is 4. The van der Waals surface area contributed by atoms with Crippen LogP contribution in [-0.2, 0) is 20.8 Å². The summed E-state index contributed by atoms with van der Waals surface area (Å²) in [6, 6.07) is 1.84. The molecule has 0 aromatic carbocycles. The highest BCUT2D eigenvalue weighted by Crippen LogP contribution is 2.31.